The Labute approximate surface area is 229 Å². The molecule has 6 heteroatoms. The third-order valence-corrected chi connectivity index (χ3v) is 8.73. The van der Waals surface area contributed by atoms with Crippen molar-refractivity contribution >= 4 is 58.3 Å². The van der Waals surface area contributed by atoms with Gasteiger partial charge in [0.1, 0.15) is 0 Å². The molecule has 0 rings (SSSR count). The molecule has 0 saturated heterocycles. The molecule has 0 radical (unpaired) electrons. The fourth-order valence-corrected chi connectivity index (χ4v) is 5.85. The van der Waals surface area contributed by atoms with Gasteiger partial charge in [0.15, 0.2) is 0 Å². The molecule has 2 nitrogen and oxygen atoms in total. The molecule has 0 aliphatic rings. The average Bonchev–Trinajstić information content (AvgIpc) is 2.79. The van der Waals surface area contributed by atoms with E-state index in [9.17, 15) is 0 Å². The molecule has 0 amide bonds. The van der Waals surface area contributed by atoms with E-state index in [1.54, 1.807) is 0 Å². The van der Waals surface area contributed by atoms with E-state index in [-0.39, 0.29) is 0 Å². The molecule has 0 aliphatic heterocycles. The van der Waals surface area contributed by atoms with Crippen molar-refractivity contribution in [2.75, 3.05) is 32.8 Å². The predicted molar refractivity (Wildman–Crippen MR) is 165 cm³/mol. The number of quaternary nitrogens is 2. The highest BCUT2D eigenvalue weighted by Crippen LogP contribution is 2.27. The summed E-state index contributed by atoms with van der Waals surface area (Å²) in [5, 5.41) is 0. The largest absolute Gasteiger partial charge is 0.235 e. The van der Waals surface area contributed by atoms with E-state index in [1.807, 2.05) is 0 Å². The minimum atomic E-state index is 0.820. The monoisotopic (exact) mass is 536 g/mol. The lowest BCUT2D eigenvalue weighted by atomic mass is 10.1. The molecule has 0 N–H and O–H groups in total. The Morgan fingerprint density at radius 3 is 1.03 bits per heavy atom. The lowest BCUT2D eigenvalue weighted by molar-refractivity contribution is -1.02. The molecule has 0 aliphatic carbocycles. The summed E-state index contributed by atoms with van der Waals surface area (Å²) in [6.07, 6.45) is 20.4. The van der Waals surface area contributed by atoms with Crippen molar-refractivity contribution in [3.05, 3.63) is 0 Å². The van der Waals surface area contributed by atoms with Crippen LogP contribution in [-0.4, -0.2) is 50.5 Å². The Morgan fingerprint density at radius 1 is 0.455 bits per heavy atom. The zero-order valence-corrected chi connectivity index (χ0v) is 25.9. The fraction of sp³-hybridized carbons (Fsp3) is 0.926. The predicted octanol–water partition coefficient (Wildman–Crippen LogP) is 9.33. The third kappa shape index (κ3) is 14.2. The highest BCUT2D eigenvalue weighted by molar-refractivity contribution is 8.10. The molecule has 0 aromatic carbocycles. The van der Waals surface area contributed by atoms with Crippen molar-refractivity contribution in [2.24, 2.45) is 0 Å². The lowest BCUT2D eigenvalue weighted by Crippen LogP contribution is -2.66. The zero-order valence-electron chi connectivity index (χ0n) is 22.5. The van der Waals surface area contributed by atoms with E-state index in [1.165, 1.54) is 103 Å². The summed E-state index contributed by atoms with van der Waals surface area (Å²) in [5.41, 5.74) is 0. The van der Waals surface area contributed by atoms with Gasteiger partial charge in [-0.05, 0) is 63.0 Å². The third-order valence-electron chi connectivity index (χ3n) is 7.11. The second kappa shape index (κ2) is 20.9. The van der Waals surface area contributed by atoms with Crippen LogP contribution in [0.15, 0.2) is 0 Å². The van der Waals surface area contributed by atoms with Crippen LogP contribution < -0.4 is 0 Å². The van der Waals surface area contributed by atoms with E-state index >= 15 is 0 Å². The van der Waals surface area contributed by atoms with Gasteiger partial charge in [0.2, 0.25) is 15.3 Å². The van der Waals surface area contributed by atoms with E-state index < -0.39 is 0 Å². The van der Waals surface area contributed by atoms with E-state index in [0.717, 1.165) is 50.5 Å². The van der Waals surface area contributed by atoms with Gasteiger partial charge in [0.25, 0.3) is 0 Å². The maximum Gasteiger partial charge on any atom is 0.235 e. The van der Waals surface area contributed by atoms with Gasteiger partial charge in [0, 0.05) is 0 Å². The molecule has 0 bridgehead atoms. The van der Waals surface area contributed by atoms with Crippen LogP contribution in [0, 0.1) is 0 Å². The summed E-state index contributed by atoms with van der Waals surface area (Å²) in [5.74, 6) is 0. The van der Waals surface area contributed by atoms with Crippen LogP contribution in [0.2, 0.25) is 0 Å². The smallest absolute Gasteiger partial charge is 0.230 e. The molecule has 0 spiro atoms. The van der Waals surface area contributed by atoms with E-state index in [4.69, 9.17) is 49.7 Å². The minimum Gasteiger partial charge on any atom is -0.230 e. The van der Waals surface area contributed by atoms with Gasteiger partial charge in [-0.3, -0.25) is 0 Å². The fourth-order valence-electron chi connectivity index (χ4n) is 4.84. The standard InChI is InChI=1S/C27H54N2S4/c1-5-9-13-15-17-19-23-28(26(30)31,21-11-7-3)25-29(27(32)33,22-12-8-4)24-20-18-16-14-10-6-2/h5-25H2,1-4H3/p+2. The normalized spacial score (nSPS) is 15.2. The van der Waals surface area contributed by atoms with Gasteiger partial charge in [-0.25, -0.2) is 8.97 Å². The van der Waals surface area contributed by atoms with Crippen LogP contribution in [0.3, 0.4) is 0 Å². The molecule has 0 aromatic rings. The summed E-state index contributed by atoms with van der Waals surface area (Å²) < 4.78 is 3.34. The Morgan fingerprint density at radius 2 is 0.727 bits per heavy atom. The van der Waals surface area contributed by atoms with Crippen LogP contribution in [0.25, 0.3) is 0 Å². The Kier molecular flexibility index (Phi) is 21.4. The molecule has 0 heterocycles. The topological polar surface area (TPSA) is 0 Å². The maximum atomic E-state index is 5.87. The average molecular weight is 537 g/mol. The molecule has 196 valence electrons. The molecule has 2 atom stereocenters. The molecule has 0 aromatic heterocycles. The minimum absolute atomic E-state index is 0.820. The van der Waals surface area contributed by atoms with Gasteiger partial charge in [-0.2, -0.15) is 0 Å². The summed E-state index contributed by atoms with van der Waals surface area (Å²) >= 11 is 21.5. The number of unbranched alkanes of at least 4 members (excludes halogenated alkanes) is 12. The van der Waals surface area contributed by atoms with Crippen LogP contribution in [-0.2, 0) is 0 Å². The quantitative estimate of drug-likeness (QED) is 0.0465. The summed E-state index contributed by atoms with van der Waals surface area (Å²) in [7, 11) is 0. The number of thiol groups is 2. The number of nitrogens with zero attached hydrogens (tertiary/aromatic N) is 2. The van der Waals surface area contributed by atoms with Gasteiger partial charge < -0.3 is 0 Å². The van der Waals surface area contributed by atoms with Crippen LogP contribution in [0.4, 0.5) is 0 Å². The van der Waals surface area contributed by atoms with Crippen molar-refractivity contribution in [1.82, 2.24) is 0 Å². The molecule has 33 heavy (non-hydrogen) atoms. The molecular formula is C27H56N2S4+2. The highest BCUT2D eigenvalue weighted by atomic mass is 32.1. The number of hydrogen-bond donors (Lipinski definition) is 2. The first-order valence-electron chi connectivity index (χ1n) is 14.0. The number of hydrogen-bond acceptors (Lipinski definition) is 2. The van der Waals surface area contributed by atoms with Crippen molar-refractivity contribution in [2.45, 2.75) is 130 Å². The Hall–Kier alpha value is 0.800. The van der Waals surface area contributed by atoms with Crippen molar-refractivity contribution < 1.29 is 8.97 Å². The first-order chi connectivity index (χ1) is 15.8. The Balaban J connectivity index is 5.56. The number of rotatable bonds is 22. The second-order valence-corrected chi connectivity index (χ2v) is 12.4. The summed E-state index contributed by atoms with van der Waals surface area (Å²) in [4.78, 5) is 0. The van der Waals surface area contributed by atoms with Gasteiger partial charge in [0.05, 0.1) is 26.2 Å². The zero-order chi connectivity index (χ0) is 25.0. The van der Waals surface area contributed by atoms with Gasteiger partial charge >= 0.3 is 0 Å². The second-order valence-electron chi connectivity index (χ2n) is 10.1. The van der Waals surface area contributed by atoms with E-state index in [0.29, 0.717) is 0 Å². The van der Waals surface area contributed by atoms with Crippen molar-refractivity contribution in [1.29, 1.82) is 0 Å². The maximum absolute atomic E-state index is 5.87. The SMILES string of the molecule is CCCCCCCC[N+](CCCC)(C[N+](CCCC)(CCCCCCCC)C(=S)S)C(=S)S. The molecule has 0 fully saturated rings. The van der Waals surface area contributed by atoms with Gasteiger partial charge in [-0.1, -0.05) is 117 Å². The Bertz CT molecular complexity index is 470. The van der Waals surface area contributed by atoms with Crippen molar-refractivity contribution in [3.8, 4) is 0 Å². The van der Waals surface area contributed by atoms with E-state index in [2.05, 4.69) is 27.7 Å². The molecule has 2 unspecified atom stereocenters. The molecule has 0 saturated carbocycles. The first-order valence-corrected chi connectivity index (χ1v) is 15.7. The first kappa shape index (κ1) is 33.8. The van der Waals surface area contributed by atoms with Crippen molar-refractivity contribution in [3.63, 3.8) is 0 Å². The summed E-state index contributed by atoms with van der Waals surface area (Å²) in [6.45, 7) is 14.4. The lowest BCUT2D eigenvalue weighted by Gasteiger charge is -2.45. The van der Waals surface area contributed by atoms with Crippen LogP contribution >= 0.6 is 49.7 Å². The number of thiocarbonyl (C=S) groups is 2. The van der Waals surface area contributed by atoms with Crippen LogP contribution in [0.1, 0.15) is 130 Å². The van der Waals surface area contributed by atoms with Gasteiger partial charge in [-0.15, -0.1) is 0 Å². The van der Waals surface area contributed by atoms with Crippen LogP contribution in [0.5, 0.6) is 0 Å². The molecular weight excluding hydrogens is 481 g/mol. The highest BCUT2D eigenvalue weighted by Gasteiger charge is 2.43. The summed E-state index contributed by atoms with van der Waals surface area (Å²) in [6, 6.07) is 0.